The van der Waals surface area contributed by atoms with Gasteiger partial charge < -0.3 is 10.4 Å². The third kappa shape index (κ3) is 2.59. The Hall–Kier alpha value is -1.30. The summed E-state index contributed by atoms with van der Waals surface area (Å²) in [5.41, 5.74) is 3.84. The van der Waals surface area contributed by atoms with Gasteiger partial charge >= 0.3 is 0 Å². The number of benzene rings is 1. The van der Waals surface area contributed by atoms with Gasteiger partial charge in [0.05, 0.1) is 6.61 Å². The third-order valence-electron chi connectivity index (χ3n) is 2.56. The fourth-order valence-corrected chi connectivity index (χ4v) is 1.78. The molecule has 2 heteroatoms. The average molecular weight is 201 g/mol. The van der Waals surface area contributed by atoms with Gasteiger partial charge in [0, 0.05) is 18.5 Å². The molecule has 0 fully saturated rings. The molecule has 1 aromatic carbocycles. The van der Waals surface area contributed by atoms with E-state index in [1.54, 1.807) is 0 Å². The number of aliphatic hydroxyl groups is 1. The van der Waals surface area contributed by atoms with Crippen LogP contribution in [0.4, 0.5) is 0 Å². The molecule has 0 amide bonds. The predicted octanol–water partition coefficient (Wildman–Crippen LogP) is 1.07. The highest BCUT2D eigenvalue weighted by Gasteiger charge is 2.07. The van der Waals surface area contributed by atoms with E-state index in [1.807, 2.05) is 0 Å². The second kappa shape index (κ2) is 4.97. The summed E-state index contributed by atoms with van der Waals surface area (Å²) in [7, 11) is 0. The van der Waals surface area contributed by atoms with Crippen molar-refractivity contribution in [1.29, 1.82) is 0 Å². The fourth-order valence-electron chi connectivity index (χ4n) is 1.78. The lowest BCUT2D eigenvalue weighted by molar-refractivity contribution is 0.305. The van der Waals surface area contributed by atoms with Crippen LogP contribution in [0.15, 0.2) is 18.2 Å². The van der Waals surface area contributed by atoms with Gasteiger partial charge in [0.1, 0.15) is 0 Å². The highest BCUT2D eigenvalue weighted by atomic mass is 16.2. The summed E-state index contributed by atoms with van der Waals surface area (Å²) >= 11 is 0. The number of nitrogens with one attached hydrogen (secondary N) is 1. The van der Waals surface area contributed by atoms with Crippen LogP contribution in [0, 0.1) is 11.8 Å². The van der Waals surface area contributed by atoms with Gasteiger partial charge in [0.15, 0.2) is 0 Å². The second-order valence-electron chi connectivity index (χ2n) is 3.69. The molecule has 1 aliphatic rings. The summed E-state index contributed by atoms with van der Waals surface area (Å²) in [6, 6.07) is 6.37. The summed E-state index contributed by atoms with van der Waals surface area (Å²) in [5, 5.41) is 12.0. The minimum Gasteiger partial charge on any atom is -0.395 e. The fraction of sp³-hybridized carbons (Fsp3) is 0.385. The van der Waals surface area contributed by atoms with Crippen molar-refractivity contribution in [2.24, 2.45) is 0 Å². The van der Waals surface area contributed by atoms with Crippen LogP contribution in [0.5, 0.6) is 0 Å². The molecule has 0 radical (unpaired) electrons. The van der Waals surface area contributed by atoms with E-state index in [4.69, 9.17) is 5.11 Å². The van der Waals surface area contributed by atoms with Crippen molar-refractivity contribution in [1.82, 2.24) is 5.32 Å². The maximum Gasteiger partial charge on any atom is 0.0540 e. The van der Waals surface area contributed by atoms with Gasteiger partial charge in [-0.2, -0.15) is 0 Å². The Morgan fingerprint density at radius 2 is 2.27 bits per heavy atom. The summed E-state index contributed by atoms with van der Waals surface area (Å²) in [6.45, 7) is 2.16. The highest BCUT2D eigenvalue weighted by Crippen LogP contribution is 2.15. The molecule has 0 saturated heterocycles. The first kappa shape index (κ1) is 10.2. The molecule has 2 N–H and O–H groups in total. The zero-order valence-corrected chi connectivity index (χ0v) is 8.71. The molecule has 78 valence electrons. The van der Waals surface area contributed by atoms with Crippen molar-refractivity contribution in [2.75, 3.05) is 13.2 Å². The van der Waals surface area contributed by atoms with Crippen molar-refractivity contribution in [3.05, 3.63) is 34.9 Å². The maximum atomic E-state index is 8.62. The number of rotatable bonds is 1. The highest BCUT2D eigenvalue weighted by molar-refractivity contribution is 5.41. The van der Waals surface area contributed by atoms with E-state index in [0.717, 1.165) is 25.1 Å². The van der Waals surface area contributed by atoms with E-state index in [0.29, 0.717) is 6.42 Å². The van der Waals surface area contributed by atoms with Crippen LogP contribution < -0.4 is 5.32 Å². The van der Waals surface area contributed by atoms with Crippen molar-refractivity contribution >= 4 is 0 Å². The van der Waals surface area contributed by atoms with Crippen molar-refractivity contribution in [3.8, 4) is 11.8 Å². The summed E-state index contributed by atoms with van der Waals surface area (Å²) in [4.78, 5) is 0. The number of aliphatic hydroxyl groups excluding tert-OH is 1. The minimum atomic E-state index is 0.138. The largest absolute Gasteiger partial charge is 0.395 e. The predicted molar refractivity (Wildman–Crippen MR) is 60.4 cm³/mol. The molecule has 0 spiro atoms. The lowest BCUT2D eigenvalue weighted by Crippen LogP contribution is -2.23. The summed E-state index contributed by atoms with van der Waals surface area (Å²) < 4.78 is 0. The first-order valence-electron chi connectivity index (χ1n) is 5.32. The van der Waals surface area contributed by atoms with E-state index < -0.39 is 0 Å². The average Bonchev–Trinajstić information content (AvgIpc) is 2.29. The molecule has 2 nitrogen and oxygen atoms in total. The standard InChI is InChI=1S/C13H15NO/c15-8-2-1-3-11-4-5-12-6-7-14-10-13(12)9-11/h4-5,9,14-15H,2,6-8,10H2. The van der Waals surface area contributed by atoms with Gasteiger partial charge in [-0.05, 0) is 36.2 Å². The van der Waals surface area contributed by atoms with Crippen LogP contribution >= 0.6 is 0 Å². The van der Waals surface area contributed by atoms with Gasteiger partial charge in [-0.25, -0.2) is 0 Å². The van der Waals surface area contributed by atoms with Gasteiger partial charge in [-0.15, -0.1) is 0 Å². The van der Waals surface area contributed by atoms with Crippen LogP contribution in [0.3, 0.4) is 0 Å². The lowest BCUT2D eigenvalue weighted by Gasteiger charge is -2.16. The Labute approximate surface area is 90.3 Å². The summed E-state index contributed by atoms with van der Waals surface area (Å²) in [6.07, 6.45) is 1.66. The Morgan fingerprint density at radius 1 is 1.33 bits per heavy atom. The molecule has 1 aromatic rings. The smallest absolute Gasteiger partial charge is 0.0540 e. The lowest BCUT2D eigenvalue weighted by atomic mass is 9.99. The molecular weight excluding hydrogens is 186 g/mol. The molecule has 2 rings (SSSR count). The van der Waals surface area contributed by atoms with Crippen molar-refractivity contribution < 1.29 is 5.11 Å². The van der Waals surface area contributed by atoms with Crippen LogP contribution in [0.1, 0.15) is 23.1 Å². The van der Waals surface area contributed by atoms with Gasteiger partial charge in [0.2, 0.25) is 0 Å². The number of fused-ring (bicyclic) bond motifs is 1. The molecule has 0 aromatic heterocycles. The topological polar surface area (TPSA) is 32.3 Å². The normalized spacial score (nSPS) is 13.9. The van der Waals surface area contributed by atoms with Crippen LogP contribution in [0.2, 0.25) is 0 Å². The molecule has 0 bridgehead atoms. The zero-order valence-electron chi connectivity index (χ0n) is 8.71. The van der Waals surface area contributed by atoms with E-state index in [9.17, 15) is 0 Å². The maximum absolute atomic E-state index is 8.62. The van der Waals surface area contributed by atoms with Crippen molar-refractivity contribution in [2.45, 2.75) is 19.4 Å². The first-order chi connectivity index (χ1) is 7.40. The summed E-state index contributed by atoms with van der Waals surface area (Å²) in [5.74, 6) is 6.00. The van der Waals surface area contributed by atoms with Gasteiger partial charge in [0.25, 0.3) is 0 Å². The van der Waals surface area contributed by atoms with Crippen LogP contribution in [-0.2, 0) is 13.0 Å². The number of hydrogen-bond acceptors (Lipinski definition) is 2. The molecule has 0 aliphatic carbocycles. The zero-order chi connectivity index (χ0) is 10.5. The van der Waals surface area contributed by atoms with E-state index >= 15 is 0 Å². The quantitative estimate of drug-likeness (QED) is 0.666. The molecule has 0 saturated carbocycles. The molecular formula is C13H15NO. The van der Waals surface area contributed by atoms with Gasteiger partial charge in [-0.1, -0.05) is 17.9 Å². The molecule has 1 aliphatic heterocycles. The molecule has 1 heterocycles. The second-order valence-corrected chi connectivity index (χ2v) is 3.69. The number of hydrogen-bond donors (Lipinski definition) is 2. The van der Waals surface area contributed by atoms with E-state index in [-0.39, 0.29) is 6.61 Å². The van der Waals surface area contributed by atoms with Gasteiger partial charge in [-0.3, -0.25) is 0 Å². The third-order valence-corrected chi connectivity index (χ3v) is 2.56. The molecule has 0 atom stereocenters. The molecule has 15 heavy (non-hydrogen) atoms. The Kier molecular flexibility index (Phi) is 3.39. The Balaban J connectivity index is 2.18. The Morgan fingerprint density at radius 3 is 3.13 bits per heavy atom. The SMILES string of the molecule is OCCC#Cc1ccc2c(c1)CNCC2. The monoisotopic (exact) mass is 201 g/mol. The van der Waals surface area contributed by atoms with Crippen LogP contribution in [0.25, 0.3) is 0 Å². The Bertz CT molecular complexity index is 401. The van der Waals surface area contributed by atoms with Crippen LogP contribution in [-0.4, -0.2) is 18.3 Å². The van der Waals surface area contributed by atoms with E-state index in [1.165, 1.54) is 11.1 Å². The first-order valence-corrected chi connectivity index (χ1v) is 5.32. The van der Waals surface area contributed by atoms with E-state index in [2.05, 4.69) is 35.4 Å². The van der Waals surface area contributed by atoms with Crippen molar-refractivity contribution in [3.63, 3.8) is 0 Å². The minimum absolute atomic E-state index is 0.138. The molecule has 0 unspecified atom stereocenters.